The van der Waals surface area contributed by atoms with Gasteiger partial charge in [-0.05, 0) is 42.8 Å². The number of halogens is 2. The summed E-state index contributed by atoms with van der Waals surface area (Å²) >= 11 is 12.4. The predicted octanol–water partition coefficient (Wildman–Crippen LogP) is 4.56. The molecule has 0 radical (unpaired) electrons. The first-order valence-corrected chi connectivity index (χ1v) is 9.92. The zero-order valence-corrected chi connectivity index (χ0v) is 18.0. The van der Waals surface area contributed by atoms with Crippen molar-refractivity contribution in [2.24, 2.45) is 0 Å². The topological polar surface area (TPSA) is 76.0 Å². The molecule has 0 saturated heterocycles. The summed E-state index contributed by atoms with van der Waals surface area (Å²) in [6.07, 6.45) is 2.98. The maximum atomic E-state index is 12.4. The van der Waals surface area contributed by atoms with Crippen LogP contribution < -0.4 is 10.6 Å². The van der Waals surface area contributed by atoms with Crippen LogP contribution in [0.2, 0.25) is 10.2 Å². The summed E-state index contributed by atoms with van der Waals surface area (Å²) in [6.45, 7) is 2.30. The summed E-state index contributed by atoms with van der Waals surface area (Å²) < 4.78 is 1.67. The normalized spacial score (nSPS) is 10.9. The van der Waals surface area contributed by atoms with Gasteiger partial charge in [0.25, 0.3) is 5.91 Å². The molecule has 6 nitrogen and oxygen atoms in total. The molecule has 2 N–H and O–H groups in total. The number of nitrogens with zero attached hydrogens (tertiary/aromatic N) is 2. The average Bonchev–Trinajstić information content (AvgIpc) is 3.00. The number of carbonyl (C=O) groups excluding carboxylic acids is 2. The minimum atomic E-state index is -0.382. The van der Waals surface area contributed by atoms with Crippen molar-refractivity contribution in [3.05, 3.63) is 87.2 Å². The Labute approximate surface area is 184 Å². The van der Waals surface area contributed by atoms with E-state index < -0.39 is 0 Å². The smallest absolute Gasteiger partial charge is 0.253 e. The van der Waals surface area contributed by atoms with Gasteiger partial charge in [0.1, 0.15) is 5.15 Å². The van der Waals surface area contributed by atoms with E-state index in [0.29, 0.717) is 39.2 Å². The van der Waals surface area contributed by atoms with Crippen molar-refractivity contribution < 1.29 is 9.59 Å². The Bertz CT molecular complexity index is 1100. The molecule has 2 amide bonds. The second-order valence-electron chi connectivity index (χ2n) is 6.52. The number of benzene rings is 2. The number of hydrogen-bond donors (Lipinski definition) is 2. The van der Waals surface area contributed by atoms with Crippen LogP contribution in [0.1, 0.15) is 27.2 Å². The summed E-state index contributed by atoms with van der Waals surface area (Å²) in [4.78, 5) is 24.3. The Kier molecular flexibility index (Phi) is 6.92. The fraction of sp³-hybridized carbons (Fsp3) is 0.136. The molecule has 3 aromatic rings. The number of rotatable bonds is 6. The number of amides is 2. The van der Waals surface area contributed by atoms with Crippen molar-refractivity contribution >= 4 is 46.8 Å². The molecule has 0 aliphatic rings. The molecule has 1 heterocycles. The van der Waals surface area contributed by atoms with Crippen molar-refractivity contribution in [1.29, 1.82) is 0 Å². The number of hydrogen-bond acceptors (Lipinski definition) is 3. The van der Waals surface area contributed by atoms with Crippen molar-refractivity contribution in [3.63, 3.8) is 0 Å². The highest BCUT2D eigenvalue weighted by atomic mass is 35.5. The standard InChI is InChI=1S/C22H20Cl2N4O2/c1-14-17(21(24)28(27-14)13-15-7-9-16(23)10-8-15)11-12-20(29)26-19-6-4-3-5-18(19)22(30)25-2/h3-12H,13H2,1-2H3,(H,25,30)(H,26,29)/b12-11+. The van der Waals surface area contributed by atoms with E-state index in [4.69, 9.17) is 23.2 Å². The molecule has 1 aromatic heterocycles. The molecule has 0 fully saturated rings. The lowest BCUT2D eigenvalue weighted by atomic mass is 10.1. The lowest BCUT2D eigenvalue weighted by Gasteiger charge is -2.08. The Morgan fingerprint density at radius 2 is 1.80 bits per heavy atom. The van der Waals surface area contributed by atoms with Crippen LogP contribution in [0, 0.1) is 6.92 Å². The van der Waals surface area contributed by atoms with Crippen LogP contribution in [-0.2, 0) is 11.3 Å². The third-order valence-electron chi connectivity index (χ3n) is 4.41. The summed E-state index contributed by atoms with van der Waals surface area (Å²) in [5.41, 5.74) is 3.16. The van der Waals surface area contributed by atoms with E-state index >= 15 is 0 Å². The zero-order chi connectivity index (χ0) is 21.7. The van der Waals surface area contributed by atoms with E-state index in [1.165, 1.54) is 13.1 Å². The molecule has 0 spiro atoms. The van der Waals surface area contributed by atoms with E-state index in [2.05, 4.69) is 15.7 Å². The van der Waals surface area contributed by atoms with Gasteiger partial charge in [-0.25, -0.2) is 4.68 Å². The highest BCUT2D eigenvalue weighted by molar-refractivity contribution is 6.31. The lowest BCUT2D eigenvalue weighted by Crippen LogP contribution is -2.20. The van der Waals surface area contributed by atoms with Crippen LogP contribution >= 0.6 is 23.2 Å². The van der Waals surface area contributed by atoms with Gasteiger partial charge in [-0.2, -0.15) is 5.10 Å². The summed E-state index contributed by atoms with van der Waals surface area (Å²) in [7, 11) is 1.54. The van der Waals surface area contributed by atoms with Crippen molar-refractivity contribution in [2.75, 3.05) is 12.4 Å². The van der Waals surface area contributed by atoms with Crippen LogP contribution in [0.5, 0.6) is 0 Å². The molecule has 0 aliphatic heterocycles. The van der Waals surface area contributed by atoms with E-state index in [1.807, 2.05) is 31.2 Å². The van der Waals surface area contributed by atoms with Crippen LogP contribution in [0.15, 0.2) is 54.6 Å². The van der Waals surface area contributed by atoms with Crippen molar-refractivity contribution in [2.45, 2.75) is 13.5 Å². The number of aromatic nitrogens is 2. The van der Waals surface area contributed by atoms with Crippen LogP contribution in [-0.4, -0.2) is 28.6 Å². The molecule has 3 rings (SSSR count). The van der Waals surface area contributed by atoms with Crippen molar-refractivity contribution in [3.8, 4) is 0 Å². The maximum absolute atomic E-state index is 12.4. The molecule has 8 heteroatoms. The molecule has 2 aromatic carbocycles. The third-order valence-corrected chi connectivity index (χ3v) is 5.06. The Hall–Kier alpha value is -3.09. The second-order valence-corrected chi connectivity index (χ2v) is 7.32. The number of aryl methyl sites for hydroxylation is 1. The maximum Gasteiger partial charge on any atom is 0.253 e. The molecule has 0 atom stereocenters. The lowest BCUT2D eigenvalue weighted by molar-refractivity contribution is -0.111. The SMILES string of the molecule is CNC(=O)c1ccccc1NC(=O)/C=C/c1c(C)nn(Cc2ccc(Cl)cc2)c1Cl. The van der Waals surface area contributed by atoms with E-state index in [1.54, 1.807) is 35.0 Å². The highest BCUT2D eigenvalue weighted by Crippen LogP contribution is 2.23. The third kappa shape index (κ3) is 5.09. The summed E-state index contributed by atoms with van der Waals surface area (Å²) in [5.74, 6) is -0.662. The van der Waals surface area contributed by atoms with E-state index in [0.717, 1.165) is 5.56 Å². The summed E-state index contributed by atoms with van der Waals surface area (Å²) in [6, 6.07) is 14.2. The first-order valence-electron chi connectivity index (χ1n) is 9.16. The first kappa shape index (κ1) is 21.6. The number of anilines is 1. The van der Waals surface area contributed by atoms with Gasteiger partial charge in [0.2, 0.25) is 5.91 Å². The van der Waals surface area contributed by atoms with Crippen LogP contribution in [0.4, 0.5) is 5.69 Å². The number of para-hydroxylation sites is 1. The Morgan fingerprint density at radius 1 is 1.10 bits per heavy atom. The van der Waals surface area contributed by atoms with Gasteiger partial charge in [0.05, 0.1) is 23.5 Å². The first-order chi connectivity index (χ1) is 14.4. The van der Waals surface area contributed by atoms with Gasteiger partial charge in [-0.3, -0.25) is 9.59 Å². The van der Waals surface area contributed by atoms with Gasteiger partial charge in [0, 0.05) is 23.7 Å². The Morgan fingerprint density at radius 3 is 2.50 bits per heavy atom. The van der Waals surface area contributed by atoms with E-state index in [9.17, 15) is 9.59 Å². The predicted molar refractivity (Wildman–Crippen MR) is 120 cm³/mol. The van der Waals surface area contributed by atoms with E-state index in [-0.39, 0.29) is 11.8 Å². The van der Waals surface area contributed by atoms with Gasteiger partial charge in [0.15, 0.2) is 0 Å². The van der Waals surface area contributed by atoms with Gasteiger partial charge in [-0.1, -0.05) is 47.5 Å². The number of carbonyl (C=O) groups is 2. The molecule has 30 heavy (non-hydrogen) atoms. The second kappa shape index (κ2) is 9.61. The van der Waals surface area contributed by atoms with Gasteiger partial charge in [-0.15, -0.1) is 0 Å². The number of nitrogens with one attached hydrogen (secondary N) is 2. The molecule has 0 bridgehead atoms. The van der Waals surface area contributed by atoms with Crippen LogP contribution in [0.25, 0.3) is 6.08 Å². The van der Waals surface area contributed by atoms with Crippen LogP contribution in [0.3, 0.4) is 0 Å². The Balaban J connectivity index is 1.75. The van der Waals surface area contributed by atoms with Gasteiger partial charge >= 0.3 is 0 Å². The summed E-state index contributed by atoms with van der Waals surface area (Å²) in [5, 5.41) is 10.8. The monoisotopic (exact) mass is 442 g/mol. The fourth-order valence-electron chi connectivity index (χ4n) is 2.88. The molecule has 0 saturated carbocycles. The zero-order valence-electron chi connectivity index (χ0n) is 16.4. The molecular formula is C22H20Cl2N4O2. The largest absolute Gasteiger partial charge is 0.355 e. The minimum Gasteiger partial charge on any atom is -0.355 e. The van der Waals surface area contributed by atoms with Gasteiger partial charge < -0.3 is 10.6 Å². The quantitative estimate of drug-likeness (QED) is 0.549. The van der Waals surface area contributed by atoms with Crippen molar-refractivity contribution in [1.82, 2.24) is 15.1 Å². The molecule has 154 valence electrons. The molecule has 0 unspecified atom stereocenters. The minimum absolute atomic E-state index is 0.280. The molecule has 0 aliphatic carbocycles. The molecular weight excluding hydrogens is 423 g/mol. The highest BCUT2D eigenvalue weighted by Gasteiger charge is 2.13. The fourth-order valence-corrected chi connectivity index (χ4v) is 3.31. The average molecular weight is 443 g/mol.